The number of hydrogen-bond donors (Lipinski definition) is 2. The number of aromatic nitrogens is 2. The van der Waals surface area contributed by atoms with E-state index in [2.05, 4.69) is 15.3 Å². The van der Waals surface area contributed by atoms with Gasteiger partial charge in [-0.1, -0.05) is 0 Å². The second-order valence-corrected chi connectivity index (χ2v) is 4.26. The molecule has 2 rings (SSSR count). The maximum absolute atomic E-state index is 11.7. The van der Waals surface area contributed by atoms with Crippen LogP contribution in [0.25, 0.3) is 0 Å². The second-order valence-electron chi connectivity index (χ2n) is 4.26. The van der Waals surface area contributed by atoms with Crippen LogP contribution in [0.4, 0.5) is 11.5 Å². The smallest absolute Gasteiger partial charge is 0.341 e. The maximum Gasteiger partial charge on any atom is 0.341 e. The van der Waals surface area contributed by atoms with Gasteiger partial charge in [0.15, 0.2) is 0 Å². The number of pyridine rings is 1. The first kappa shape index (κ1) is 13.9. The molecule has 0 saturated heterocycles. The molecule has 0 bridgehead atoms. The predicted molar refractivity (Wildman–Crippen MR) is 73.3 cm³/mol. The molecule has 2 heterocycles. The number of rotatable bonds is 4. The maximum atomic E-state index is 11.7. The quantitative estimate of drug-likeness (QED) is 0.818. The van der Waals surface area contributed by atoms with Gasteiger partial charge in [-0.25, -0.2) is 14.8 Å². The Balaban J connectivity index is 2.18. The number of esters is 1. The number of anilines is 2. The van der Waals surface area contributed by atoms with Crippen LogP contribution in [0.3, 0.4) is 0 Å². The first-order valence-corrected chi connectivity index (χ1v) is 6.02. The molecule has 2 aromatic rings. The Morgan fingerprint density at radius 3 is 2.85 bits per heavy atom. The molecular weight excluding hydrogens is 260 g/mol. The topological polar surface area (TPSA) is 103 Å². The van der Waals surface area contributed by atoms with Crippen molar-refractivity contribution in [3.8, 4) is 0 Å². The van der Waals surface area contributed by atoms with E-state index in [9.17, 15) is 4.79 Å². The molecule has 2 aromatic heterocycles. The van der Waals surface area contributed by atoms with Crippen LogP contribution in [0.15, 0.2) is 16.7 Å². The Labute approximate surface area is 116 Å². The highest BCUT2D eigenvalue weighted by Gasteiger charge is 2.14. The largest absolute Gasteiger partial charge is 0.465 e. The van der Waals surface area contributed by atoms with Gasteiger partial charge in [-0.05, 0) is 19.9 Å². The van der Waals surface area contributed by atoms with Crippen molar-refractivity contribution in [3.63, 3.8) is 0 Å². The van der Waals surface area contributed by atoms with Crippen LogP contribution in [0.5, 0.6) is 0 Å². The van der Waals surface area contributed by atoms with E-state index in [1.165, 1.54) is 19.4 Å². The van der Waals surface area contributed by atoms with Crippen molar-refractivity contribution in [2.24, 2.45) is 0 Å². The number of nitrogens with zero attached hydrogens (tertiary/aromatic N) is 2. The number of carbonyl (C=O) groups excluding carboxylic acids is 1. The Kier molecular flexibility index (Phi) is 3.88. The van der Waals surface area contributed by atoms with Crippen molar-refractivity contribution in [2.75, 3.05) is 18.2 Å². The summed E-state index contributed by atoms with van der Waals surface area (Å²) in [7, 11) is 1.30. The summed E-state index contributed by atoms with van der Waals surface area (Å²) in [5.74, 6) is 1.15. The summed E-state index contributed by atoms with van der Waals surface area (Å²) in [6.07, 6.45) is 1.46. The summed E-state index contributed by atoms with van der Waals surface area (Å²) in [5.41, 5.74) is 7.11. The minimum atomic E-state index is -0.507. The standard InChI is InChI=1S/C13H16N4O3/c1-7-8(2)20-11(17-7)6-16-12-10(13(18)19-3)4-9(14)5-15-12/h4-5H,6,14H2,1-3H3,(H,15,16). The molecule has 0 radical (unpaired) electrons. The summed E-state index contributed by atoms with van der Waals surface area (Å²) in [4.78, 5) is 20.0. The Bertz CT molecular complexity index is 617. The zero-order chi connectivity index (χ0) is 14.7. The zero-order valence-electron chi connectivity index (χ0n) is 11.6. The number of methoxy groups -OCH3 is 1. The lowest BCUT2D eigenvalue weighted by atomic mass is 10.2. The Hall–Kier alpha value is -2.57. The van der Waals surface area contributed by atoms with Crippen LogP contribution in [0.2, 0.25) is 0 Å². The number of carbonyl (C=O) groups is 1. The van der Waals surface area contributed by atoms with Gasteiger partial charge in [0.25, 0.3) is 0 Å². The highest BCUT2D eigenvalue weighted by molar-refractivity contribution is 5.95. The van der Waals surface area contributed by atoms with Crippen molar-refractivity contribution >= 4 is 17.5 Å². The summed E-state index contributed by atoms with van der Waals surface area (Å²) in [6, 6.07) is 1.51. The molecule has 0 aliphatic rings. The first-order chi connectivity index (χ1) is 9.51. The van der Waals surface area contributed by atoms with Gasteiger partial charge in [0, 0.05) is 0 Å². The van der Waals surface area contributed by atoms with Crippen LogP contribution >= 0.6 is 0 Å². The third-order valence-corrected chi connectivity index (χ3v) is 2.79. The van der Waals surface area contributed by atoms with Gasteiger partial charge >= 0.3 is 5.97 Å². The molecule has 0 atom stereocenters. The SMILES string of the molecule is COC(=O)c1cc(N)cnc1NCc1nc(C)c(C)o1. The molecule has 0 saturated carbocycles. The van der Waals surface area contributed by atoms with Crippen molar-refractivity contribution < 1.29 is 13.9 Å². The fourth-order valence-electron chi connectivity index (χ4n) is 1.66. The van der Waals surface area contributed by atoms with Gasteiger partial charge in [0.05, 0.1) is 31.2 Å². The van der Waals surface area contributed by atoms with Crippen LogP contribution in [0.1, 0.15) is 27.7 Å². The fraction of sp³-hybridized carbons (Fsp3) is 0.308. The molecule has 0 amide bonds. The molecule has 106 valence electrons. The van der Waals surface area contributed by atoms with E-state index in [-0.39, 0.29) is 5.56 Å². The number of oxazole rings is 1. The highest BCUT2D eigenvalue weighted by Crippen LogP contribution is 2.18. The molecule has 3 N–H and O–H groups in total. The van der Waals surface area contributed by atoms with Gasteiger partial charge in [-0.15, -0.1) is 0 Å². The first-order valence-electron chi connectivity index (χ1n) is 6.02. The van der Waals surface area contributed by atoms with Gasteiger partial charge in [0.2, 0.25) is 5.89 Å². The number of nitrogens with two attached hydrogens (primary N) is 1. The minimum Gasteiger partial charge on any atom is -0.465 e. The minimum absolute atomic E-state index is 0.271. The highest BCUT2D eigenvalue weighted by atomic mass is 16.5. The van der Waals surface area contributed by atoms with Gasteiger partial charge in [-0.3, -0.25) is 0 Å². The fourth-order valence-corrected chi connectivity index (χ4v) is 1.66. The second kappa shape index (κ2) is 5.60. The summed E-state index contributed by atoms with van der Waals surface area (Å²) in [6.45, 7) is 4.02. The lowest BCUT2D eigenvalue weighted by Crippen LogP contribution is -2.11. The van der Waals surface area contributed by atoms with E-state index in [0.29, 0.717) is 23.9 Å². The van der Waals surface area contributed by atoms with Gasteiger partial charge < -0.3 is 20.2 Å². The van der Waals surface area contributed by atoms with Crippen LogP contribution in [0, 0.1) is 13.8 Å². The van der Waals surface area contributed by atoms with Crippen molar-refractivity contribution in [2.45, 2.75) is 20.4 Å². The predicted octanol–water partition coefficient (Wildman–Crippen LogP) is 1.67. The molecule has 7 heteroatoms. The van der Waals surface area contributed by atoms with Gasteiger partial charge in [-0.2, -0.15) is 0 Å². The lowest BCUT2D eigenvalue weighted by Gasteiger charge is -2.08. The third-order valence-electron chi connectivity index (χ3n) is 2.79. The van der Waals surface area contributed by atoms with Crippen molar-refractivity contribution in [1.29, 1.82) is 0 Å². The van der Waals surface area contributed by atoms with Crippen molar-refractivity contribution in [3.05, 3.63) is 35.2 Å². The molecule has 0 spiro atoms. The number of nitrogens with one attached hydrogen (secondary N) is 1. The van der Waals surface area contributed by atoms with Crippen LogP contribution in [-0.2, 0) is 11.3 Å². The Morgan fingerprint density at radius 1 is 1.50 bits per heavy atom. The lowest BCUT2D eigenvalue weighted by molar-refractivity contribution is 0.0601. The third kappa shape index (κ3) is 2.87. The molecular formula is C13H16N4O3. The molecule has 0 aromatic carbocycles. The van der Waals surface area contributed by atoms with Crippen LogP contribution < -0.4 is 11.1 Å². The molecule has 7 nitrogen and oxygen atoms in total. The molecule has 0 fully saturated rings. The van der Waals surface area contributed by atoms with E-state index in [0.717, 1.165) is 11.5 Å². The van der Waals surface area contributed by atoms with Crippen LogP contribution in [-0.4, -0.2) is 23.0 Å². The summed E-state index contributed by atoms with van der Waals surface area (Å²) in [5, 5.41) is 2.99. The van der Waals surface area contributed by atoms with Gasteiger partial charge in [0.1, 0.15) is 17.1 Å². The Morgan fingerprint density at radius 2 is 2.25 bits per heavy atom. The number of hydrogen-bond acceptors (Lipinski definition) is 7. The average molecular weight is 276 g/mol. The van der Waals surface area contributed by atoms with E-state index in [4.69, 9.17) is 14.9 Å². The number of ether oxygens (including phenoxy) is 1. The molecule has 20 heavy (non-hydrogen) atoms. The molecule has 0 aliphatic heterocycles. The van der Waals surface area contributed by atoms with Crippen molar-refractivity contribution in [1.82, 2.24) is 9.97 Å². The molecule has 0 unspecified atom stereocenters. The number of aryl methyl sites for hydroxylation is 2. The summed E-state index contributed by atoms with van der Waals surface area (Å²) >= 11 is 0. The number of nitrogen functional groups attached to an aromatic ring is 1. The monoisotopic (exact) mass is 276 g/mol. The average Bonchev–Trinajstić information content (AvgIpc) is 2.75. The van der Waals surface area contributed by atoms with E-state index in [1.807, 2.05) is 13.8 Å². The zero-order valence-corrected chi connectivity index (χ0v) is 11.6. The van der Waals surface area contributed by atoms with E-state index < -0.39 is 5.97 Å². The summed E-state index contributed by atoms with van der Waals surface area (Å²) < 4.78 is 10.1. The normalized spacial score (nSPS) is 10.3. The van der Waals surface area contributed by atoms with E-state index >= 15 is 0 Å². The van der Waals surface area contributed by atoms with E-state index in [1.54, 1.807) is 0 Å². The molecule has 0 aliphatic carbocycles.